The lowest BCUT2D eigenvalue weighted by Gasteiger charge is -2.37. The van der Waals surface area contributed by atoms with Crippen LogP contribution in [0.3, 0.4) is 0 Å². The minimum Gasteiger partial charge on any atom is -0.327 e. The van der Waals surface area contributed by atoms with E-state index in [-0.39, 0.29) is 0 Å². The van der Waals surface area contributed by atoms with Crippen LogP contribution in [0.25, 0.3) is 0 Å². The van der Waals surface area contributed by atoms with Crippen molar-refractivity contribution in [1.29, 1.82) is 0 Å². The van der Waals surface area contributed by atoms with E-state index in [2.05, 4.69) is 50.8 Å². The maximum atomic E-state index is 6.25. The van der Waals surface area contributed by atoms with Crippen molar-refractivity contribution in [2.24, 2.45) is 11.7 Å². The molecule has 0 saturated carbocycles. The van der Waals surface area contributed by atoms with Crippen molar-refractivity contribution in [2.75, 3.05) is 19.6 Å². The van der Waals surface area contributed by atoms with Crippen molar-refractivity contribution in [3.05, 3.63) is 34.9 Å². The van der Waals surface area contributed by atoms with E-state index in [0.717, 1.165) is 26.1 Å². The molecule has 2 unspecified atom stereocenters. The van der Waals surface area contributed by atoms with Gasteiger partial charge in [-0.25, -0.2) is 0 Å². The highest BCUT2D eigenvalue weighted by Crippen LogP contribution is 2.28. The molecule has 0 aromatic heterocycles. The van der Waals surface area contributed by atoms with Gasteiger partial charge in [0.05, 0.1) is 0 Å². The number of aryl methyl sites for hydroxylation is 2. The Morgan fingerprint density at radius 2 is 1.95 bits per heavy atom. The molecule has 2 nitrogen and oxygen atoms in total. The summed E-state index contributed by atoms with van der Waals surface area (Å²) >= 11 is 0. The van der Waals surface area contributed by atoms with Crippen LogP contribution in [0.5, 0.6) is 0 Å². The highest BCUT2D eigenvalue weighted by Gasteiger charge is 2.26. The van der Waals surface area contributed by atoms with E-state index in [1.165, 1.54) is 16.7 Å². The fourth-order valence-corrected chi connectivity index (χ4v) is 3.16. The second kappa shape index (κ2) is 6.06. The molecule has 2 N–H and O–H groups in total. The highest BCUT2D eigenvalue weighted by molar-refractivity contribution is 5.32. The summed E-state index contributed by atoms with van der Waals surface area (Å²) in [5.74, 6) is 1.31. The first-order chi connectivity index (χ1) is 8.95. The first kappa shape index (κ1) is 14.5. The van der Waals surface area contributed by atoms with Gasteiger partial charge in [-0.05, 0) is 48.8 Å². The SMILES string of the molecule is Cc1ccc(C2CC(N)CN(CC(C)C)C2)cc1C. The molecule has 1 aliphatic rings. The Kier molecular flexibility index (Phi) is 4.64. The zero-order valence-corrected chi connectivity index (χ0v) is 12.8. The van der Waals surface area contributed by atoms with Crippen LogP contribution in [0.2, 0.25) is 0 Å². The predicted molar refractivity (Wildman–Crippen MR) is 82.5 cm³/mol. The van der Waals surface area contributed by atoms with Gasteiger partial charge >= 0.3 is 0 Å². The number of benzene rings is 1. The van der Waals surface area contributed by atoms with Gasteiger partial charge in [0.15, 0.2) is 0 Å². The van der Waals surface area contributed by atoms with E-state index in [1.807, 2.05) is 0 Å². The maximum Gasteiger partial charge on any atom is 0.0174 e. The second-order valence-electron chi connectivity index (χ2n) is 6.65. The summed E-state index contributed by atoms with van der Waals surface area (Å²) in [4.78, 5) is 2.54. The van der Waals surface area contributed by atoms with Gasteiger partial charge in [0, 0.05) is 25.7 Å². The van der Waals surface area contributed by atoms with Crippen LogP contribution in [0, 0.1) is 19.8 Å². The summed E-state index contributed by atoms with van der Waals surface area (Å²) in [7, 11) is 0. The molecule has 1 fully saturated rings. The van der Waals surface area contributed by atoms with Crippen molar-refractivity contribution in [3.63, 3.8) is 0 Å². The molecular formula is C17H28N2. The summed E-state index contributed by atoms with van der Waals surface area (Å²) in [6.07, 6.45) is 1.12. The van der Waals surface area contributed by atoms with Crippen LogP contribution in [-0.2, 0) is 0 Å². The number of piperidine rings is 1. The molecule has 1 aromatic carbocycles. The molecule has 2 heteroatoms. The molecular weight excluding hydrogens is 232 g/mol. The Bertz CT molecular complexity index is 423. The van der Waals surface area contributed by atoms with Gasteiger partial charge in [0.1, 0.15) is 0 Å². The largest absolute Gasteiger partial charge is 0.327 e. The molecule has 2 atom stereocenters. The van der Waals surface area contributed by atoms with E-state index in [4.69, 9.17) is 5.73 Å². The molecule has 0 amide bonds. The molecule has 0 bridgehead atoms. The lowest BCUT2D eigenvalue weighted by atomic mass is 9.86. The fourth-order valence-electron chi connectivity index (χ4n) is 3.16. The molecule has 2 rings (SSSR count). The molecule has 1 heterocycles. The number of rotatable bonds is 3. The number of hydrogen-bond donors (Lipinski definition) is 1. The third kappa shape index (κ3) is 3.80. The van der Waals surface area contributed by atoms with Crippen LogP contribution in [0.1, 0.15) is 42.9 Å². The second-order valence-corrected chi connectivity index (χ2v) is 6.65. The van der Waals surface area contributed by atoms with E-state index in [9.17, 15) is 0 Å². The van der Waals surface area contributed by atoms with Gasteiger partial charge in [0.2, 0.25) is 0 Å². The zero-order chi connectivity index (χ0) is 14.0. The van der Waals surface area contributed by atoms with Crippen molar-refractivity contribution >= 4 is 0 Å². The summed E-state index contributed by atoms with van der Waals surface area (Å²) in [5.41, 5.74) is 10.5. The molecule has 0 spiro atoms. The molecule has 106 valence electrons. The topological polar surface area (TPSA) is 29.3 Å². The summed E-state index contributed by atoms with van der Waals surface area (Å²) < 4.78 is 0. The molecule has 1 aromatic rings. The van der Waals surface area contributed by atoms with Gasteiger partial charge in [0.25, 0.3) is 0 Å². The smallest absolute Gasteiger partial charge is 0.0174 e. The lowest BCUT2D eigenvalue weighted by Crippen LogP contribution is -2.47. The average Bonchev–Trinajstić information content (AvgIpc) is 2.31. The first-order valence-electron chi connectivity index (χ1n) is 7.50. The molecule has 19 heavy (non-hydrogen) atoms. The Morgan fingerprint density at radius 3 is 2.58 bits per heavy atom. The van der Waals surface area contributed by atoms with E-state index >= 15 is 0 Å². The van der Waals surface area contributed by atoms with Gasteiger partial charge in [-0.2, -0.15) is 0 Å². The normalized spacial score (nSPS) is 24.9. The number of likely N-dealkylation sites (tertiary alicyclic amines) is 1. The van der Waals surface area contributed by atoms with Crippen molar-refractivity contribution in [1.82, 2.24) is 4.90 Å². The molecule has 1 saturated heterocycles. The van der Waals surface area contributed by atoms with Crippen LogP contribution in [0.4, 0.5) is 0 Å². The van der Waals surface area contributed by atoms with Gasteiger partial charge in [-0.3, -0.25) is 0 Å². The lowest BCUT2D eigenvalue weighted by molar-refractivity contribution is 0.171. The van der Waals surface area contributed by atoms with E-state index in [0.29, 0.717) is 17.9 Å². The standard InChI is InChI=1S/C17H28N2/c1-12(2)9-19-10-16(8-17(18)11-19)15-6-5-13(3)14(4)7-15/h5-7,12,16-17H,8-11,18H2,1-4H3. The maximum absolute atomic E-state index is 6.25. The third-order valence-electron chi connectivity index (χ3n) is 4.18. The van der Waals surface area contributed by atoms with E-state index < -0.39 is 0 Å². The summed E-state index contributed by atoms with van der Waals surface area (Å²) in [6, 6.07) is 7.21. The van der Waals surface area contributed by atoms with Crippen LogP contribution in [0.15, 0.2) is 18.2 Å². The number of nitrogens with two attached hydrogens (primary N) is 1. The number of hydrogen-bond acceptors (Lipinski definition) is 2. The van der Waals surface area contributed by atoms with Gasteiger partial charge in [-0.1, -0.05) is 32.0 Å². The summed E-state index contributed by atoms with van der Waals surface area (Å²) in [5, 5.41) is 0. The Hall–Kier alpha value is -0.860. The summed E-state index contributed by atoms with van der Waals surface area (Å²) in [6.45, 7) is 12.3. The molecule has 1 aliphatic heterocycles. The Morgan fingerprint density at radius 1 is 1.21 bits per heavy atom. The number of nitrogens with zero attached hydrogens (tertiary/aromatic N) is 1. The highest BCUT2D eigenvalue weighted by atomic mass is 15.1. The molecule has 0 radical (unpaired) electrons. The van der Waals surface area contributed by atoms with E-state index in [1.54, 1.807) is 0 Å². The van der Waals surface area contributed by atoms with Crippen molar-refractivity contribution < 1.29 is 0 Å². The fraction of sp³-hybridized carbons (Fsp3) is 0.647. The average molecular weight is 260 g/mol. The minimum absolute atomic E-state index is 0.319. The van der Waals surface area contributed by atoms with Crippen LogP contribution >= 0.6 is 0 Å². The minimum atomic E-state index is 0.319. The van der Waals surface area contributed by atoms with Crippen molar-refractivity contribution in [2.45, 2.75) is 46.1 Å². The molecule has 0 aliphatic carbocycles. The first-order valence-corrected chi connectivity index (χ1v) is 7.50. The van der Waals surface area contributed by atoms with Crippen LogP contribution in [-0.4, -0.2) is 30.6 Å². The quantitative estimate of drug-likeness (QED) is 0.905. The van der Waals surface area contributed by atoms with Crippen molar-refractivity contribution in [3.8, 4) is 0 Å². The van der Waals surface area contributed by atoms with Gasteiger partial charge in [-0.15, -0.1) is 0 Å². The predicted octanol–water partition coefficient (Wildman–Crippen LogP) is 3.08. The van der Waals surface area contributed by atoms with Gasteiger partial charge < -0.3 is 10.6 Å². The zero-order valence-electron chi connectivity index (χ0n) is 12.8. The Labute approximate surface area is 118 Å². The monoisotopic (exact) mass is 260 g/mol. The Balaban J connectivity index is 2.12. The van der Waals surface area contributed by atoms with Crippen LogP contribution < -0.4 is 5.73 Å². The third-order valence-corrected chi connectivity index (χ3v) is 4.18.